The molecular weight excluding hydrogens is 238 g/mol. The van der Waals surface area contributed by atoms with Crippen LogP contribution in [0.5, 0.6) is 0 Å². The van der Waals surface area contributed by atoms with E-state index in [-0.39, 0.29) is 18.3 Å². The third kappa shape index (κ3) is 4.02. The van der Waals surface area contributed by atoms with E-state index < -0.39 is 11.0 Å². The molecule has 0 aliphatic heterocycles. The first kappa shape index (κ1) is 13.9. The molecule has 1 atom stereocenters. The van der Waals surface area contributed by atoms with E-state index in [0.29, 0.717) is 12.1 Å². The topological polar surface area (TPSA) is 104 Å². The molecule has 1 aromatic carbocycles. The Balaban J connectivity index is 2.56. The Morgan fingerprint density at radius 2 is 2.06 bits per heavy atom. The van der Waals surface area contributed by atoms with Crippen molar-refractivity contribution in [3.63, 3.8) is 0 Å². The molecule has 7 heteroatoms. The summed E-state index contributed by atoms with van der Waals surface area (Å²) in [5, 5.41) is 24.4. The monoisotopic (exact) mass is 253 g/mol. The van der Waals surface area contributed by atoms with Crippen LogP contribution in [0.2, 0.25) is 0 Å². The maximum atomic E-state index is 11.5. The van der Waals surface area contributed by atoms with Crippen LogP contribution in [0.1, 0.15) is 13.3 Å². The maximum absolute atomic E-state index is 11.5. The summed E-state index contributed by atoms with van der Waals surface area (Å²) in [4.78, 5) is 21.4. The minimum Gasteiger partial charge on any atom is -0.394 e. The lowest BCUT2D eigenvalue weighted by molar-refractivity contribution is -0.384. The number of carbonyl (C=O) groups is 1. The summed E-state index contributed by atoms with van der Waals surface area (Å²) in [5.41, 5.74) is 0.411. The zero-order valence-corrected chi connectivity index (χ0v) is 9.92. The molecule has 2 amide bonds. The second-order valence-electron chi connectivity index (χ2n) is 3.69. The van der Waals surface area contributed by atoms with Crippen molar-refractivity contribution in [1.29, 1.82) is 0 Å². The molecule has 0 saturated carbocycles. The van der Waals surface area contributed by atoms with Crippen LogP contribution in [0.25, 0.3) is 0 Å². The van der Waals surface area contributed by atoms with E-state index in [2.05, 4.69) is 10.6 Å². The van der Waals surface area contributed by atoms with Crippen LogP contribution in [-0.2, 0) is 0 Å². The number of carbonyl (C=O) groups excluding carboxylic acids is 1. The van der Waals surface area contributed by atoms with Gasteiger partial charge in [-0.05, 0) is 18.6 Å². The average molecular weight is 253 g/mol. The van der Waals surface area contributed by atoms with Gasteiger partial charge in [0, 0.05) is 17.8 Å². The highest BCUT2D eigenvalue weighted by Crippen LogP contribution is 2.15. The predicted molar refractivity (Wildman–Crippen MR) is 66.4 cm³/mol. The van der Waals surface area contributed by atoms with E-state index >= 15 is 0 Å². The second kappa shape index (κ2) is 6.55. The zero-order valence-electron chi connectivity index (χ0n) is 9.92. The SMILES string of the molecule is CC[C@@H](CO)NC(=O)Nc1ccc([N+](=O)[O-])cc1. The fourth-order valence-corrected chi connectivity index (χ4v) is 1.30. The lowest BCUT2D eigenvalue weighted by atomic mass is 10.2. The number of rotatable bonds is 5. The largest absolute Gasteiger partial charge is 0.394 e. The molecule has 18 heavy (non-hydrogen) atoms. The van der Waals surface area contributed by atoms with Gasteiger partial charge >= 0.3 is 6.03 Å². The summed E-state index contributed by atoms with van der Waals surface area (Å²) >= 11 is 0. The van der Waals surface area contributed by atoms with Crippen molar-refractivity contribution < 1.29 is 14.8 Å². The van der Waals surface area contributed by atoms with Gasteiger partial charge in [0.1, 0.15) is 0 Å². The predicted octanol–water partition coefficient (Wildman–Crippen LogP) is 1.49. The van der Waals surface area contributed by atoms with E-state index in [1.54, 1.807) is 0 Å². The Morgan fingerprint density at radius 1 is 1.44 bits per heavy atom. The van der Waals surface area contributed by atoms with Gasteiger partial charge in [-0.1, -0.05) is 6.92 Å². The van der Waals surface area contributed by atoms with Gasteiger partial charge in [-0.25, -0.2) is 4.79 Å². The number of hydrogen-bond acceptors (Lipinski definition) is 4. The van der Waals surface area contributed by atoms with E-state index in [1.165, 1.54) is 24.3 Å². The smallest absolute Gasteiger partial charge is 0.319 e. The van der Waals surface area contributed by atoms with Crippen LogP contribution in [-0.4, -0.2) is 28.7 Å². The van der Waals surface area contributed by atoms with Gasteiger partial charge in [0.2, 0.25) is 0 Å². The van der Waals surface area contributed by atoms with Crippen LogP contribution < -0.4 is 10.6 Å². The third-order valence-electron chi connectivity index (χ3n) is 2.38. The number of nitro groups is 1. The third-order valence-corrected chi connectivity index (χ3v) is 2.38. The highest BCUT2D eigenvalue weighted by molar-refractivity contribution is 5.89. The molecule has 98 valence electrons. The second-order valence-corrected chi connectivity index (χ2v) is 3.69. The number of nitro benzene ring substituents is 1. The number of aliphatic hydroxyl groups is 1. The van der Waals surface area contributed by atoms with Crippen LogP contribution in [0.4, 0.5) is 16.2 Å². The van der Waals surface area contributed by atoms with Gasteiger partial charge in [-0.15, -0.1) is 0 Å². The number of hydrogen-bond donors (Lipinski definition) is 3. The molecule has 0 aromatic heterocycles. The molecule has 0 heterocycles. The van der Waals surface area contributed by atoms with E-state index in [4.69, 9.17) is 5.11 Å². The highest BCUT2D eigenvalue weighted by Gasteiger charge is 2.10. The molecule has 1 rings (SSSR count). The van der Waals surface area contributed by atoms with E-state index in [0.717, 1.165) is 0 Å². The molecule has 0 unspecified atom stereocenters. The molecule has 7 nitrogen and oxygen atoms in total. The number of anilines is 1. The molecular formula is C11H15N3O4. The van der Waals surface area contributed by atoms with Crippen LogP contribution >= 0.6 is 0 Å². The number of nitrogens with zero attached hydrogens (tertiary/aromatic N) is 1. The number of benzene rings is 1. The molecule has 0 radical (unpaired) electrons. The van der Waals surface area contributed by atoms with E-state index in [1.807, 2.05) is 6.92 Å². The summed E-state index contributed by atoms with van der Waals surface area (Å²) in [6.45, 7) is 1.71. The van der Waals surface area contributed by atoms with Gasteiger partial charge < -0.3 is 15.7 Å². The molecule has 0 aliphatic rings. The van der Waals surface area contributed by atoms with Crippen molar-refractivity contribution in [1.82, 2.24) is 5.32 Å². The summed E-state index contributed by atoms with van der Waals surface area (Å²) in [6, 6.07) is 4.74. The molecule has 0 bridgehead atoms. The number of nitrogens with one attached hydrogen (secondary N) is 2. The minimum absolute atomic E-state index is 0.0391. The number of amides is 2. The van der Waals surface area contributed by atoms with Crippen LogP contribution in [0.3, 0.4) is 0 Å². The molecule has 0 aliphatic carbocycles. The molecule has 0 fully saturated rings. The fraction of sp³-hybridized carbons (Fsp3) is 0.364. The molecule has 1 aromatic rings. The average Bonchev–Trinajstić information content (AvgIpc) is 2.36. The summed E-state index contributed by atoms with van der Waals surface area (Å²) in [5.74, 6) is 0. The Kier molecular flexibility index (Phi) is 5.06. The van der Waals surface area contributed by atoms with Gasteiger partial charge in [0.15, 0.2) is 0 Å². The van der Waals surface area contributed by atoms with Crippen molar-refractivity contribution in [3.8, 4) is 0 Å². The highest BCUT2D eigenvalue weighted by atomic mass is 16.6. The summed E-state index contributed by atoms with van der Waals surface area (Å²) in [7, 11) is 0. The number of urea groups is 1. The Bertz CT molecular complexity index is 415. The minimum atomic E-state index is -0.511. The van der Waals surface area contributed by atoms with Crippen molar-refractivity contribution >= 4 is 17.4 Å². The molecule has 0 saturated heterocycles. The lowest BCUT2D eigenvalue weighted by Gasteiger charge is -2.14. The van der Waals surface area contributed by atoms with E-state index in [9.17, 15) is 14.9 Å². The lowest BCUT2D eigenvalue weighted by Crippen LogP contribution is -2.39. The van der Waals surface area contributed by atoms with Gasteiger partial charge in [0.05, 0.1) is 17.6 Å². The maximum Gasteiger partial charge on any atom is 0.319 e. The molecule has 3 N–H and O–H groups in total. The number of non-ortho nitro benzene ring substituents is 1. The Morgan fingerprint density at radius 3 is 2.50 bits per heavy atom. The van der Waals surface area contributed by atoms with Gasteiger partial charge in [-0.3, -0.25) is 10.1 Å². The normalized spacial score (nSPS) is 11.7. The quantitative estimate of drug-likeness (QED) is 0.546. The zero-order chi connectivity index (χ0) is 13.5. The van der Waals surface area contributed by atoms with Crippen molar-refractivity contribution in [2.75, 3.05) is 11.9 Å². The number of aliphatic hydroxyl groups excluding tert-OH is 1. The standard InChI is InChI=1S/C11H15N3O4/c1-2-8(7-15)12-11(16)13-9-3-5-10(6-4-9)14(17)18/h3-6,8,15H,2,7H2,1H3,(H2,12,13,16)/t8-/m0/s1. The van der Waals surface area contributed by atoms with Crippen molar-refractivity contribution in [3.05, 3.63) is 34.4 Å². The first-order chi connectivity index (χ1) is 8.56. The van der Waals surface area contributed by atoms with Crippen molar-refractivity contribution in [2.45, 2.75) is 19.4 Å². The first-order valence-electron chi connectivity index (χ1n) is 5.49. The molecule has 0 spiro atoms. The van der Waals surface area contributed by atoms with Crippen LogP contribution in [0, 0.1) is 10.1 Å². The fourth-order valence-electron chi connectivity index (χ4n) is 1.30. The van der Waals surface area contributed by atoms with Crippen LogP contribution in [0.15, 0.2) is 24.3 Å². The summed E-state index contributed by atoms with van der Waals surface area (Å²) < 4.78 is 0. The Labute approximate surface area is 104 Å². The first-order valence-corrected chi connectivity index (χ1v) is 5.49. The van der Waals surface area contributed by atoms with Crippen molar-refractivity contribution in [2.24, 2.45) is 0 Å². The Hall–Kier alpha value is -2.15. The van der Waals surface area contributed by atoms with Gasteiger partial charge in [0.25, 0.3) is 5.69 Å². The van der Waals surface area contributed by atoms with Gasteiger partial charge in [-0.2, -0.15) is 0 Å². The summed E-state index contributed by atoms with van der Waals surface area (Å²) in [6.07, 6.45) is 0.615.